The molecule has 0 aliphatic rings. The van der Waals surface area contributed by atoms with Crippen LogP contribution in [0.1, 0.15) is 16.8 Å². The first-order valence-corrected chi connectivity index (χ1v) is 4.65. The second-order valence-electron chi connectivity index (χ2n) is 2.61. The van der Waals surface area contributed by atoms with Crippen molar-refractivity contribution >= 4 is 11.3 Å². The molecule has 0 fully saturated rings. The van der Waals surface area contributed by atoms with Gasteiger partial charge in [-0.15, -0.1) is 17.8 Å². The van der Waals surface area contributed by atoms with E-state index < -0.39 is 0 Å². The van der Waals surface area contributed by atoms with Gasteiger partial charge < -0.3 is 0 Å². The number of rotatable bonds is 3. The normalized spacial score (nSPS) is 12.4. The van der Waals surface area contributed by atoms with Crippen LogP contribution in [0.2, 0.25) is 0 Å². The van der Waals surface area contributed by atoms with Gasteiger partial charge in [-0.05, 0) is 13.8 Å². The van der Waals surface area contributed by atoms with Gasteiger partial charge >= 0.3 is 0 Å². The molecule has 12 heavy (non-hydrogen) atoms. The third-order valence-corrected chi connectivity index (χ3v) is 2.41. The summed E-state index contributed by atoms with van der Waals surface area (Å²) in [6.07, 6.45) is 7.10. The fourth-order valence-electron chi connectivity index (χ4n) is 0.800. The fraction of sp³-hybridized carbons (Fsp3) is 0.444. The maximum absolute atomic E-state index is 5.22. The Morgan fingerprint density at radius 2 is 2.58 bits per heavy atom. The average Bonchev–Trinajstić information content (AvgIpc) is 2.47. The lowest BCUT2D eigenvalue weighted by Crippen LogP contribution is -2.22. The molecular formula is C9H12N2S. The highest BCUT2D eigenvalue weighted by molar-refractivity contribution is 7.11. The molecule has 0 radical (unpaired) electrons. The molecule has 1 unspecified atom stereocenters. The maximum atomic E-state index is 5.22. The van der Waals surface area contributed by atoms with E-state index in [0.717, 1.165) is 11.6 Å². The molecular weight excluding hydrogens is 168 g/mol. The summed E-state index contributed by atoms with van der Waals surface area (Å²) in [4.78, 5) is 5.38. The molecule has 0 amide bonds. The molecule has 3 heteroatoms. The Balaban J connectivity index is 2.39. The van der Waals surface area contributed by atoms with Gasteiger partial charge in [-0.3, -0.25) is 5.32 Å². The van der Waals surface area contributed by atoms with E-state index in [4.69, 9.17) is 6.42 Å². The van der Waals surface area contributed by atoms with Crippen LogP contribution < -0.4 is 5.32 Å². The van der Waals surface area contributed by atoms with Crippen molar-refractivity contribution in [2.24, 2.45) is 0 Å². The van der Waals surface area contributed by atoms with E-state index in [0.29, 0.717) is 0 Å². The minimum Gasteiger partial charge on any atom is -0.299 e. The molecule has 1 N–H and O–H groups in total. The minimum atomic E-state index is 0.132. The number of hydrogen-bond donors (Lipinski definition) is 1. The van der Waals surface area contributed by atoms with Crippen molar-refractivity contribution in [1.82, 2.24) is 10.3 Å². The van der Waals surface area contributed by atoms with Crippen molar-refractivity contribution in [2.45, 2.75) is 26.4 Å². The van der Waals surface area contributed by atoms with Crippen LogP contribution >= 0.6 is 11.3 Å². The molecule has 64 valence electrons. The van der Waals surface area contributed by atoms with Crippen LogP contribution in [0.15, 0.2) is 6.20 Å². The summed E-state index contributed by atoms with van der Waals surface area (Å²) in [7, 11) is 0. The first-order valence-electron chi connectivity index (χ1n) is 3.83. The molecule has 1 aromatic rings. The Morgan fingerprint density at radius 1 is 1.83 bits per heavy atom. The van der Waals surface area contributed by atoms with E-state index in [9.17, 15) is 0 Å². The third kappa shape index (κ3) is 2.65. The summed E-state index contributed by atoms with van der Waals surface area (Å²) in [6.45, 7) is 4.78. The molecule has 0 bridgehead atoms. The van der Waals surface area contributed by atoms with E-state index in [1.807, 2.05) is 20.0 Å². The van der Waals surface area contributed by atoms with Crippen molar-refractivity contribution < 1.29 is 0 Å². The molecule has 1 atom stereocenters. The molecule has 0 aliphatic heterocycles. The number of aromatic nitrogens is 1. The molecule has 0 saturated carbocycles. The van der Waals surface area contributed by atoms with E-state index in [1.165, 1.54) is 4.88 Å². The Hall–Kier alpha value is -0.850. The van der Waals surface area contributed by atoms with Gasteiger partial charge in [-0.25, -0.2) is 4.98 Å². The molecule has 1 aromatic heterocycles. The minimum absolute atomic E-state index is 0.132. The smallest absolute Gasteiger partial charge is 0.0897 e. The SMILES string of the molecule is C#CC(C)NCc1cnc(C)s1. The van der Waals surface area contributed by atoms with Gasteiger partial charge in [0.2, 0.25) is 0 Å². The second-order valence-corrected chi connectivity index (χ2v) is 3.93. The Labute approximate surface area is 77.0 Å². The maximum Gasteiger partial charge on any atom is 0.0897 e. The first kappa shape index (κ1) is 9.24. The van der Waals surface area contributed by atoms with E-state index in [2.05, 4.69) is 16.2 Å². The number of nitrogens with one attached hydrogen (secondary N) is 1. The number of thiazole rings is 1. The highest BCUT2D eigenvalue weighted by Crippen LogP contribution is 2.10. The van der Waals surface area contributed by atoms with Gasteiger partial charge in [0.25, 0.3) is 0 Å². The van der Waals surface area contributed by atoms with E-state index in [-0.39, 0.29) is 6.04 Å². The first-order chi connectivity index (χ1) is 5.72. The standard InChI is InChI=1S/C9H12N2S/c1-4-7(2)10-5-9-6-11-8(3)12-9/h1,6-7,10H,5H2,2-3H3. The Kier molecular flexibility index (Phi) is 3.27. The highest BCUT2D eigenvalue weighted by Gasteiger charge is 1.99. The van der Waals surface area contributed by atoms with Crippen molar-refractivity contribution in [3.63, 3.8) is 0 Å². The van der Waals surface area contributed by atoms with Crippen LogP contribution in [0, 0.1) is 19.3 Å². The summed E-state index contributed by atoms with van der Waals surface area (Å²) in [5, 5.41) is 4.29. The van der Waals surface area contributed by atoms with Gasteiger partial charge in [-0.2, -0.15) is 0 Å². The van der Waals surface area contributed by atoms with Gasteiger partial charge in [0, 0.05) is 17.6 Å². The molecule has 0 spiro atoms. The highest BCUT2D eigenvalue weighted by atomic mass is 32.1. The molecule has 0 aromatic carbocycles. The van der Waals surface area contributed by atoms with Crippen molar-refractivity contribution in [3.8, 4) is 12.3 Å². The van der Waals surface area contributed by atoms with E-state index >= 15 is 0 Å². The summed E-state index contributed by atoms with van der Waals surface area (Å²) in [5.41, 5.74) is 0. The lowest BCUT2D eigenvalue weighted by molar-refractivity contribution is 0.653. The van der Waals surface area contributed by atoms with Gasteiger partial charge in [0.05, 0.1) is 11.0 Å². The number of aryl methyl sites for hydroxylation is 1. The number of nitrogens with zero attached hydrogens (tertiary/aromatic N) is 1. The molecule has 1 heterocycles. The van der Waals surface area contributed by atoms with Crippen molar-refractivity contribution in [2.75, 3.05) is 0 Å². The van der Waals surface area contributed by atoms with Crippen LogP contribution in [0.5, 0.6) is 0 Å². The third-order valence-electron chi connectivity index (χ3n) is 1.50. The topological polar surface area (TPSA) is 24.9 Å². The zero-order chi connectivity index (χ0) is 8.97. The fourth-order valence-corrected chi connectivity index (χ4v) is 1.55. The zero-order valence-electron chi connectivity index (χ0n) is 7.29. The van der Waals surface area contributed by atoms with Crippen LogP contribution in [0.25, 0.3) is 0 Å². The average molecular weight is 180 g/mol. The lowest BCUT2D eigenvalue weighted by Gasteiger charge is -2.03. The van der Waals surface area contributed by atoms with Crippen LogP contribution in [0.4, 0.5) is 0 Å². The molecule has 0 saturated heterocycles. The predicted octanol–water partition coefficient (Wildman–Crippen LogP) is 1.56. The molecule has 1 rings (SSSR count). The summed E-state index contributed by atoms with van der Waals surface area (Å²) >= 11 is 1.70. The van der Waals surface area contributed by atoms with E-state index in [1.54, 1.807) is 11.3 Å². The quantitative estimate of drug-likeness (QED) is 0.714. The number of terminal acetylenes is 1. The molecule has 2 nitrogen and oxygen atoms in total. The number of hydrogen-bond acceptors (Lipinski definition) is 3. The summed E-state index contributed by atoms with van der Waals surface area (Å²) in [6, 6.07) is 0.132. The Bertz CT molecular complexity index is 285. The van der Waals surface area contributed by atoms with Gasteiger partial charge in [0.1, 0.15) is 0 Å². The van der Waals surface area contributed by atoms with Crippen LogP contribution in [-0.2, 0) is 6.54 Å². The predicted molar refractivity (Wildman–Crippen MR) is 52.0 cm³/mol. The second kappa shape index (κ2) is 4.24. The monoisotopic (exact) mass is 180 g/mol. The largest absolute Gasteiger partial charge is 0.299 e. The Morgan fingerprint density at radius 3 is 3.08 bits per heavy atom. The van der Waals surface area contributed by atoms with Crippen LogP contribution in [-0.4, -0.2) is 11.0 Å². The zero-order valence-corrected chi connectivity index (χ0v) is 8.11. The molecule has 0 aliphatic carbocycles. The van der Waals surface area contributed by atoms with Gasteiger partial charge in [0.15, 0.2) is 0 Å². The summed E-state index contributed by atoms with van der Waals surface area (Å²) < 4.78 is 0. The lowest BCUT2D eigenvalue weighted by atomic mass is 10.3. The van der Waals surface area contributed by atoms with Gasteiger partial charge in [-0.1, -0.05) is 5.92 Å². The van der Waals surface area contributed by atoms with Crippen LogP contribution in [0.3, 0.4) is 0 Å². The summed E-state index contributed by atoms with van der Waals surface area (Å²) in [5.74, 6) is 2.62. The van der Waals surface area contributed by atoms with Crippen molar-refractivity contribution in [1.29, 1.82) is 0 Å². The van der Waals surface area contributed by atoms with Crippen molar-refractivity contribution in [3.05, 3.63) is 16.1 Å².